The van der Waals surface area contributed by atoms with Gasteiger partial charge in [-0.1, -0.05) is 5.16 Å². The van der Waals surface area contributed by atoms with E-state index in [4.69, 9.17) is 4.52 Å². The van der Waals surface area contributed by atoms with Crippen molar-refractivity contribution in [2.45, 2.75) is 6.42 Å². The summed E-state index contributed by atoms with van der Waals surface area (Å²) in [6.45, 7) is 0.540. The van der Waals surface area contributed by atoms with Gasteiger partial charge >= 0.3 is 0 Å². The molecule has 0 atom stereocenters. The Bertz CT molecular complexity index is 419. The minimum atomic E-state index is -0.565. The molecule has 0 bridgehead atoms. The van der Waals surface area contributed by atoms with Crippen LogP contribution in [0.15, 0.2) is 23.2 Å². The summed E-state index contributed by atoms with van der Waals surface area (Å²) in [7, 11) is 0. The van der Waals surface area contributed by atoms with Crippen molar-refractivity contribution in [2.24, 2.45) is 0 Å². The maximum absolute atomic E-state index is 12.6. The molecule has 7 heteroatoms. The van der Waals surface area contributed by atoms with E-state index in [0.29, 0.717) is 24.7 Å². The average Bonchev–Trinajstić information content (AvgIpc) is 2.71. The van der Waals surface area contributed by atoms with E-state index in [0.717, 1.165) is 6.33 Å². The fraction of sp³-hybridized carbons (Fsp3) is 0.250. The van der Waals surface area contributed by atoms with Crippen LogP contribution >= 0.6 is 0 Å². The Morgan fingerprint density at radius 1 is 1.27 bits per heavy atom. The summed E-state index contributed by atoms with van der Waals surface area (Å²) in [5.41, 5.74) is 0. The fourth-order valence-corrected chi connectivity index (χ4v) is 1.03. The van der Waals surface area contributed by atoms with Gasteiger partial charge in [-0.05, 0) is 0 Å². The molecule has 2 rings (SSSR count). The smallest absolute Gasteiger partial charge is 0.228 e. The second-order valence-corrected chi connectivity index (χ2v) is 2.74. The van der Waals surface area contributed by atoms with Crippen LogP contribution in [0.5, 0.6) is 0 Å². The molecule has 0 spiro atoms. The van der Waals surface area contributed by atoms with Crippen LogP contribution in [0.3, 0.4) is 0 Å². The first-order valence-corrected chi connectivity index (χ1v) is 4.31. The first-order chi connectivity index (χ1) is 7.34. The molecule has 0 aliphatic carbocycles. The predicted molar refractivity (Wildman–Crippen MR) is 48.5 cm³/mol. The molecule has 78 valence electrons. The highest BCUT2D eigenvalue weighted by molar-refractivity contribution is 5.31. The molecule has 2 aromatic heterocycles. The van der Waals surface area contributed by atoms with Gasteiger partial charge in [0.15, 0.2) is 6.33 Å². The summed E-state index contributed by atoms with van der Waals surface area (Å²) in [6, 6.07) is 1.22. The molecule has 6 nitrogen and oxygen atoms in total. The van der Waals surface area contributed by atoms with E-state index in [1.165, 1.54) is 12.4 Å². The average molecular weight is 209 g/mol. The lowest BCUT2D eigenvalue weighted by Crippen LogP contribution is -2.07. The third-order valence-electron chi connectivity index (χ3n) is 1.69. The van der Waals surface area contributed by atoms with Crippen LogP contribution in [-0.2, 0) is 6.42 Å². The molecule has 0 saturated heterocycles. The number of nitrogens with zero attached hydrogens (tertiary/aromatic N) is 4. The van der Waals surface area contributed by atoms with Gasteiger partial charge in [0.1, 0.15) is 12.1 Å². The molecular formula is C8H8FN5O. The topological polar surface area (TPSA) is 76.7 Å². The molecule has 0 aliphatic heterocycles. The normalized spacial score (nSPS) is 10.2. The molecule has 0 amide bonds. The monoisotopic (exact) mass is 209 g/mol. The Labute approximate surface area is 84.6 Å². The first-order valence-electron chi connectivity index (χ1n) is 4.31. The summed E-state index contributed by atoms with van der Waals surface area (Å²) in [5, 5.41) is 6.37. The van der Waals surface area contributed by atoms with Crippen LogP contribution < -0.4 is 5.32 Å². The largest absolute Gasteiger partial charge is 0.369 e. The predicted octanol–water partition coefficient (Wildman–Crippen LogP) is 0.653. The second-order valence-electron chi connectivity index (χ2n) is 2.74. The van der Waals surface area contributed by atoms with E-state index in [2.05, 4.69) is 25.4 Å². The van der Waals surface area contributed by atoms with Gasteiger partial charge in [-0.2, -0.15) is 9.37 Å². The van der Waals surface area contributed by atoms with Gasteiger partial charge in [0.2, 0.25) is 11.8 Å². The molecule has 0 aliphatic rings. The minimum Gasteiger partial charge on any atom is -0.369 e. The zero-order valence-electron chi connectivity index (χ0n) is 7.72. The first kappa shape index (κ1) is 9.50. The molecular weight excluding hydrogens is 201 g/mol. The number of nitrogens with one attached hydrogen (secondary N) is 1. The molecule has 2 aromatic rings. The Balaban J connectivity index is 1.83. The zero-order valence-corrected chi connectivity index (χ0v) is 7.72. The maximum atomic E-state index is 12.6. The lowest BCUT2D eigenvalue weighted by Gasteiger charge is -2.01. The molecule has 0 saturated carbocycles. The lowest BCUT2D eigenvalue weighted by molar-refractivity contribution is 0.379. The van der Waals surface area contributed by atoms with Crippen LogP contribution in [-0.4, -0.2) is 26.7 Å². The Morgan fingerprint density at radius 3 is 2.93 bits per heavy atom. The van der Waals surface area contributed by atoms with Crippen LogP contribution in [0.2, 0.25) is 0 Å². The molecule has 15 heavy (non-hydrogen) atoms. The highest BCUT2D eigenvalue weighted by atomic mass is 19.1. The molecule has 1 N–H and O–H groups in total. The van der Waals surface area contributed by atoms with E-state index in [-0.39, 0.29) is 0 Å². The van der Waals surface area contributed by atoms with Crippen LogP contribution in [0.25, 0.3) is 0 Å². The number of hydrogen-bond acceptors (Lipinski definition) is 6. The fourth-order valence-electron chi connectivity index (χ4n) is 1.03. The van der Waals surface area contributed by atoms with Gasteiger partial charge in [0.05, 0.1) is 0 Å². The van der Waals surface area contributed by atoms with Crippen molar-refractivity contribution in [1.82, 2.24) is 20.1 Å². The summed E-state index contributed by atoms with van der Waals surface area (Å²) in [4.78, 5) is 11.0. The van der Waals surface area contributed by atoms with Crippen molar-refractivity contribution < 1.29 is 8.91 Å². The summed E-state index contributed by atoms with van der Waals surface area (Å²) >= 11 is 0. The third-order valence-corrected chi connectivity index (χ3v) is 1.69. The van der Waals surface area contributed by atoms with E-state index in [1.807, 2.05) is 0 Å². The molecule has 0 unspecified atom stereocenters. The van der Waals surface area contributed by atoms with E-state index >= 15 is 0 Å². The number of halogens is 1. The van der Waals surface area contributed by atoms with Gasteiger partial charge in [-0.15, -0.1) is 0 Å². The molecule has 2 heterocycles. The maximum Gasteiger partial charge on any atom is 0.228 e. The van der Waals surface area contributed by atoms with E-state index < -0.39 is 5.95 Å². The van der Waals surface area contributed by atoms with Crippen LogP contribution in [0.1, 0.15) is 5.89 Å². The van der Waals surface area contributed by atoms with Crippen molar-refractivity contribution in [1.29, 1.82) is 0 Å². The van der Waals surface area contributed by atoms with E-state index in [1.54, 1.807) is 0 Å². The number of hydrogen-bond donors (Lipinski definition) is 1. The molecule has 0 aromatic carbocycles. The Morgan fingerprint density at radius 2 is 2.20 bits per heavy atom. The van der Waals surface area contributed by atoms with Crippen molar-refractivity contribution >= 4 is 5.82 Å². The van der Waals surface area contributed by atoms with Crippen molar-refractivity contribution in [3.05, 3.63) is 30.6 Å². The minimum absolute atomic E-state index is 0.432. The lowest BCUT2D eigenvalue weighted by atomic mass is 10.4. The standard InChI is InChI=1S/C8H8FN5O/c9-6-3-7(12-4-11-6)10-2-1-8-13-5-14-15-8/h3-5H,1-2H2,(H,10,11,12). The number of anilines is 1. The summed E-state index contributed by atoms with van der Waals surface area (Å²) in [5.74, 6) is 0.393. The second kappa shape index (κ2) is 4.45. The van der Waals surface area contributed by atoms with Gasteiger partial charge in [0, 0.05) is 19.0 Å². The Hall–Kier alpha value is -2.05. The van der Waals surface area contributed by atoms with E-state index in [9.17, 15) is 4.39 Å². The quantitative estimate of drug-likeness (QED) is 0.745. The van der Waals surface area contributed by atoms with Crippen LogP contribution in [0.4, 0.5) is 10.2 Å². The highest BCUT2D eigenvalue weighted by Gasteiger charge is 2.00. The molecule has 0 radical (unpaired) electrons. The zero-order chi connectivity index (χ0) is 10.5. The van der Waals surface area contributed by atoms with Gasteiger partial charge in [0.25, 0.3) is 0 Å². The van der Waals surface area contributed by atoms with Crippen LogP contribution in [0, 0.1) is 5.95 Å². The van der Waals surface area contributed by atoms with Crippen molar-refractivity contribution in [3.63, 3.8) is 0 Å². The number of rotatable bonds is 4. The summed E-state index contributed by atoms with van der Waals surface area (Å²) in [6.07, 6.45) is 3.05. The SMILES string of the molecule is Fc1cc(NCCc2ncno2)ncn1. The summed E-state index contributed by atoms with van der Waals surface area (Å²) < 4.78 is 17.4. The van der Waals surface area contributed by atoms with Crippen molar-refractivity contribution in [3.8, 4) is 0 Å². The van der Waals surface area contributed by atoms with Gasteiger partial charge in [-0.3, -0.25) is 0 Å². The van der Waals surface area contributed by atoms with Gasteiger partial charge in [-0.25, -0.2) is 9.97 Å². The van der Waals surface area contributed by atoms with Crippen molar-refractivity contribution in [2.75, 3.05) is 11.9 Å². The number of aromatic nitrogens is 4. The Kier molecular flexibility index (Phi) is 2.82. The van der Waals surface area contributed by atoms with Gasteiger partial charge < -0.3 is 9.84 Å². The molecule has 0 fully saturated rings. The highest BCUT2D eigenvalue weighted by Crippen LogP contribution is 2.02. The third kappa shape index (κ3) is 2.70.